The first-order chi connectivity index (χ1) is 13.9. The van der Waals surface area contributed by atoms with E-state index in [-0.39, 0.29) is 4.90 Å². The number of benzene rings is 3. The van der Waals surface area contributed by atoms with Crippen molar-refractivity contribution in [3.63, 3.8) is 0 Å². The Labute approximate surface area is 178 Å². The van der Waals surface area contributed by atoms with Crippen LogP contribution in [0.2, 0.25) is 0 Å². The summed E-state index contributed by atoms with van der Waals surface area (Å²) in [5, 5.41) is 0. The molecule has 148 valence electrons. The zero-order chi connectivity index (χ0) is 20.6. The molecule has 7 heteroatoms. The van der Waals surface area contributed by atoms with E-state index in [9.17, 15) is 8.42 Å². The number of aryl methyl sites for hydroxylation is 2. The van der Waals surface area contributed by atoms with Crippen molar-refractivity contribution in [3.8, 4) is 11.5 Å². The van der Waals surface area contributed by atoms with Gasteiger partial charge in [0.15, 0.2) is 5.58 Å². The fraction of sp³-hybridized carbons (Fsp3) is 0.136. The number of nitrogens with zero attached hydrogens (tertiary/aromatic N) is 1. The van der Waals surface area contributed by atoms with Gasteiger partial charge in [0.1, 0.15) is 5.52 Å². The van der Waals surface area contributed by atoms with Gasteiger partial charge < -0.3 is 4.42 Å². The Morgan fingerprint density at radius 1 is 1.03 bits per heavy atom. The van der Waals surface area contributed by atoms with Crippen LogP contribution in [-0.4, -0.2) is 13.4 Å². The van der Waals surface area contributed by atoms with Crippen LogP contribution in [0.5, 0.6) is 0 Å². The average molecular weight is 471 g/mol. The second-order valence-electron chi connectivity index (χ2n) is 6.79. The molecule has 0 saturated carbocycles. The van der Waals surface area contributed by atoms with Crippen LogP contribution in [0, 0.1) is 6.92 Å². The lowest BCUT2D eigenvalue weighted by atomic mass is 10.1. The molecular formula is C22H19BrN2O3S. The number of halogens is 1. The van der Waals surface area contributed by atoms with Gasteiger partial charge in [0.05, 0.1) is 9.37 Å². The molecule has 0 atom stereocenters. The number of hydrogen-bond donors (Lipinski definition) is 1. The molecule has 4 aromatic rings. The lowest BCUT2D eigenvalue weighted by Crippen LogP contribution is -2.12. The van der Waals surface area contributed by atoms with Crippen molar-refractivity contribution in [2.75, 3.05) is 4.72 Å². The molecule has 3 aromatic carbocycles. The predicted molar refractivity (Wildman–Crippen MR) is 119 cm³/mol. The first-order valence-corrected chi connectivity index (χ1v) is 11.4. The molecule has 0 amide bonds. The van der Waals surface area contributed by atoms with Gasteiger partial charge in [-0.1, -0.05) is 24.6 Å². The molecule has 5 nitrogen and oxygen atoms in total. The summed E-state index contributed by atoms with van der Waals surface area (Å²) in [4.78, 5) is 4.80. The number of oxazole rings is 1. The summed E-state index contributed by atoms with van der Waals surface area (Å²) in [6.45, 7) is 4.00. The summed E-state index contributed by atoms with van der Waals surface area (Å²) >= 11 is 3.54. The van der Waals surface area contributed by atoms with E-state index < -0.39 is 10.0 Å². The zero-order valence-corrected chi connectivity index (χ0v) is 18.3. The Morgan fingerprint density at radius 2 is 1.72 bits per heavy atom. The van der Waals surface area contributed by atoms with E-state index in [0.717, 1.165) is 27.5 Å². The van der Waals surface area contributed by atoms with Crippen LogP contribution in [-0.2, 0) is 16.4 Å². The number of nitrogens with one attached hydrogen (secondary N) is 1. The van der Waals surface area contributed by atoms with Gasteiger partial charge in [0, 0.05) is 11.3 Å². The number of hydrogen-bond acceptors (Lipinski definition) is 4. The molecule has 0 radical (unpaired) electrons. The molecule has 0 saturated heterocycles. The van der Waals surface area contributed by atoms with E-state index in [1.165, 1.54) is 5.56 Å². The maximum absolute atomic E-state index is 12.5. The van der Waals surface area contributed by atoms with Gasteiger partial charge in [0.2, 0.25) is 5.89 Å². The Balaban J connectivity index is 1.60. The molecule has 1 N–H and O–H groups in total. The van der Waals surface area contributed by atoms with Crippen molar-refractivity contribution in [3.05, 3.63) is 76.3 Å². The molecule has 4 rings (SSSR count). The summed E-state index contributed by atoms with van der Waals surface area (Å²) in [5.74, 6) is 0.488. The monoisotopic (exact) mass is 470 g/mol. The van der Waals surface area contributed by atoms with Crippen LogP contribution >= 0.6 is 15.9 Å². The fourth-order valence-corrected chi connectivity index (χ4v) is 4.62. The molecule has 0 aliphatic rings. The third-order valence-electron chi connectivity index (χ3n) is 4.63. The summed E-state index contributed by atoms with van der Waals surface area (Å²) in [5.41, 5.74) is 4.90. The lowest BCUT2D eigenvalue weighted by Gasteiger charge is -2.08. The highest BCUT2D eigenvalue weighted by atomic mass is 79.9. The third kappa shape index (κ3) is 4.06. The highest BCUT2D eigenvalue weighted by Gasteiger charge is 2.15. The van der Waals surface area contributed by atoms with Crippen LogP contribution in [0.25, 0.3) is 22.6 Å². The Hall–Kier alpha value is -2.64. The normalized spacial score (nSPS) is 11.7. The van der Waals surface area contributed by atoms with Gasteiger partial charge in [-0.3, -0.25) is 4.72 Å². The minimum absolute atomic E-state index is 0.225. The van der Waals surface area contributed by atoms with E-state index in [0.29, 0.717) is 17.2 Å². The van der Waals surface area contributed by atoms with Crippen LogP contribution in [0.3, 0.4) is 0 Å². The highest BCUT2D eigenvalue weighted by molar-refractivity contribution is 9.10. The molecule has 1 heterocycles. The topological polar surface area (TPSA) is 72.2 Å². The molecule has 1 aromatic heterocycles. The van der Waals surface area contributed by atoms with Crippen molar-refractivity contribution < 1.29 is 12.8 Å². The van der Waals surface area contributed by atoms with Gasteiger partial charge in [-0.05, 0) is 83.4 Å². The van der Waals surface area contributed by atoms with E-state index in [2.05, 4.69) is 32.6 Å². The predicted octanol–water partition coefficient (Wildman–Crippen LogP) is 5.93. The van der Waals surface area contributed by atoms with Gasteiger partial charge in [-0.2, -0.15) is 0 Å². The standard InChI is InChI=1S/C22H19BrN2O3S/c1-3-15-12-19(23)21-20(13-15)24-22(28-21)16-6-8-17(9-7-16)25-29(26,27)18-10-4-14(2)5-11-18/h4-13,25H,3H2,1-2H3. The minimum Gasteiger partial charge on any atom is -0.435 e. The van der Waals surface area contributed by atoms with Crippen LogP contribution in [0.1, 0.15) is 18.1 Å². The molecule has 0 bridgehead atoms. The summed E-state index contributed by atoms with van der Waals surface area (Å²) < 4.78 is 34.4. The second kappa shape index (κ2) is 7.65. The number of sulfonamides is 1. The molecule has 0 fully saturated rings. The number of aromatic nitrogens is 1. The number of rotatable bonds is 5. The Morgan fingerprint density at radius 3 is 2.38 bits per heavy atom. The fourth-order valence-electron chi connectivity index (χ4n) is 2.99. The molecule has 0 spiro atoms. The third-order valence-corrected chi connectivity index (χ3v) is 6.61. The van der Waals surface area contributed by atoms with Crippen molar-refractivity contribution >= 4 is 42.7 Å². The second-order valence-corrected chi connectivity index (χ2v) is 9.33. The highest BCUT2D eigenvalue weighted by Crippen LogP contribution is 2.31. The molecule has 0 unspecified atom stereocenters. The zero-order valence-electron chi connectivity index (χ0n) is 15.9. The van der Waals surface area contributed by atoms with E-state index in [1.807, 2.05) is 19.1 Å². The minimum atomic E-state index is -3.64. The van der Waals surface area contributed by atoms with Crippen LogP contribution in [0.4, 0.5) is 5.69 Å². The first-order valence-electron chi connectivity index (χ1n) is 9.14. The van der Waals surface area contributed by atoms with Crippen LogP contribution < -0.4 is 4.72 Å². The van der Waals surface area contributed by atoms with Crippen molar-refractivity contribution in [1.29, 1.82) is 0 Å². The maximum Gasteiger partial charge on any atom is 0.261 e. The molecule has 0 aliphatic carbocycles. The molecular weight excluding hydrogens is 452 g/mol. The largest absolute Gasteiger partial charge is 0.435 e. The molecule has 0 aliphatic heterocycles. The van der Waals surface area contributed by atoms with Crippen molar-refractivity contribution in [2.45, 2.75) is 25.2 Å². The Kier molecular flexibility index (Phi) is 5.19. The van der Waals surface area contributed by atoms with Gasteiger partial charge >= 0.3 is 0 Å². The smallest absolute Gasteiger partial charge is 0.261 e. The number of fused-ring (bicyclic) bond motifs is 1. The van der Waals surface area contributed by atoms with Crippen molar-refractivity contribution in [2.24, 2.45) is 0 Å². The summed E-state index contributed by atoms with van der Waals surface area (Å²) in [6, 6.07) is 17.7. The molecule has 29 heavy (non-hydrogen) atoms. The maximum atomic E-state index is 12.5. The van der Waals surface area contributed by atoms with Crippen LogP contribution in [0.15, 0.2) is 74.4 Å². The Bertz CT molecular complexity index is 1280. The van der Waals surface area contributed by atoms with Gasteiger partial charge in [0.25, 0.3) is 10.0 Å². The van der Waals surface area contributed by atoms with E-state index in [1.54, 1.807) is 48.5 Å². The van der Waals surface area contributed by atoms with Gasteiger partial charge in [-0.15, -0.1) is 0 Å². The number of anilines is 1. The van der Waals surface area contributed by atoms with Crippen molar-refractivity contribution in [1.82, 2.24) is 4.98 Å². The SMILES string of the molecule is CCc1cc(Br)c2oc(-c3ccc(NS(=O)(=O)c4ccc(C)cc4)cc3)nc2c1. The van der Waals surface area contributed by atoms with E-state index >= 15 is 0 Å². The van der Waals surface area contributed by atoms with E-state index in [4.69, 9.17) is 4.42 Å². The lowest BCUT2D eigenvalue weighted by molar-refractivity contribution is 0.601. The summed E-state index contributed by atoms with van der Waals surface area (Å²) in [6.07, 6.45) is 0.909. The summed E-state index contributed by atoms with van der Waals surface area (Å²) in [7, 11) is -3.64. The van der Waals surface area contributed by atoms with Gasteiger partial charge in [-0.25, -0.2) is 13.4 Å². The average Bonchev–Trinajstić information content (AvgIpc) is 3.13. The first kappa shape index (κ1) is 19.7. The quantitative estimate of drug-likeness (QED) is 0.392.